The van der Waals surface area contributed by atoms with E-state index in [2.05, 4.69) is 20.8 Å². The van der Waals surface area contributed by atoms with Crippen molar-refractivity contribution >= 4 is 23.7 Å². The fourth-order valence-corrected chi connectivity index (χ4v) is 3.57. The van der Waals surface area contributed by atoms with Gasteiger partial charge in [-0.2, -0.15) is 0 Å². The minimum atomic E-state index is -0.698. The van der Waals surface area contributed by atoms with Gasteiger partial charge in [0, 0.05) is 7.05 Å². The number of carbonyl (C=O) groups is 2. The molecule has 0 aliphatic heterocycles. The van der Waals surface area contributed by atoms with E-state index in [1.807, 2.05) is 54.6 Å². The van der Waals surface area contributed by atoms with Crippen LogP contribution in [0.5, 0.6) is 5.75 Å². The summed E-state index contributed by atoms with van der Waals surface area (Å²) >= 11 is 1.19. The normalized spacial score (nSPS) is 11.5. The first-order chi connectivity index (χ1) is 13.6. The lowest BCUT2D eigenvalue weighted by Gasteiger charge is -2.17. The van der Waals surface area contributed by atoms with Gasteiger partial charge >= 0.3 is 6.03 Å². The maximum Gasteiger partial charge on any atom is 0.321 e. The molecule has 9 heteroatoms. The molecule has 1 heterocycles. The number of urea groups is 1. The number of thioether (sulfide) groups is 1. The Morgan fingerprint density at radius 1 is 1.11 bits per heavy atom. The van der Waals surface area contributed by atoms with Crippen LogP contribution < -0.4 is 15.4 Å². The fourth-order valence-electron chi connectivity index (χ4n) is 2.54. The summed E-state index contributed by atoms with van der Waals surface area (Å²) in [5.41, 5.74) is 1.49. The third-order valence-electron chi connectivity index (χ3n) is 3.89. The van der Waals surface area contributed by atoms with E-state index in [1.165, 1.54) is 18.8 Å². The van der Waals surface area contributed by atoms with E-state index in [1.54, 1.807) is 18.0 Å². The molecular weight excluding hydrogens is 378 g/mol. The van der Waals surface area contributed by atoms with Gasteiger partial charge in [0.2, 0.25) is 5.91 Å². The van der Waals surface area contributed by atoms with Gasteiger partial charge in [0.25, 0.3) is 0 Å². The number of nitrogens with one attached hydrogen (secondary N) is 2. The van der Waals surface area contributed by atoms with E-state index in [0.717, 1.165) is 11.3 Å². The molecule has 3 aromatic rings. The van der Waals surface area contributed by atoms with Crippen molar-refractivity contribution in [3.63, 3.8) is 0 Å². The number of rotatable bonds is 6. The summed E-state index contributed by atoms with van der Waals surface area (Å²) in [5.74, 6) is 0.195. The van der Waals surface area contributed by atoms with E-state index in [0.29, 0.717) is 10.9 Å². The van der Waals surface area contributed by atoms with Crippen LogP contribution in [0, 0.1) is 0 Å². The fraction of sp³-hybridized carbons (Fsp3) is 0.158. The van der Waals surface area contributed by atoms with Crippen LogP contribution in [0.4, 0.5) is 4.79 Å². The molecule has 0 aliphatic rings. The van der Waals surface area contributed by atoms with Crippen molar-refractivity contribution in [2.45, 2.75) is 10.4 Å². The first-order valence-corrected chi connectivity index (χ1v) is 9.29. The minimum Gasteiger partial charge on any atom is -0.495 e. The number of amides is 3. The molecule has 0 saturated heterocycles. The van der Waals surface area contributed by atoms with Crippen LogP contribution in [0.3, 0.4) is 0 Å². The third kappa shape index (κ3) is 4.32. The van der Waals surface area contributed by atoms with Crippen molar-refractivity contribution in [3.05, 3.63) is 66.5 Å². The van der Waals surface area contributed by atoms with Gasteiger partial charge < -0.3 is 10.1 Å². The largest absolute Gasteiger partial charge is 0.495 e. The average molecular weight is 397 g/mol. The average Bonchev–Trinajstić information content (AvgIpc) is 3.20. The monoisotopic (exact) mass is 397 g/mol. The molecule has 1 atom stereocenters. The Hall–Kier alpha value is -3.33. The second-order valence-corrected chi connectivity index (χ2v) is 6.70. The lowest BCUT2D eigenvalue weighted by molar-refractivity contribution is -0.119. The molecule has 0 saturated carbocycles. The molecule has 8 nitrogen and oxygen atoms in total. The number of aromatic nitrogens is 3. The van der Waals surface area contributed by atoms with Gasteiger partial charge in [-0.05, 0) is 17.7 Å². The molecule has 28 heavy (non-hydrogen) atoms. The van der Waals surface area contributed by atoms with Crippen LogP contribution in [0.1, 0.15) is 10.8 Å². The zero-order valence-electron chi connectivity index (χ0n) is 15.3. The summed E-state index contributed by atoms with van der Waals surface area (Å²) in [4.78, 5) is 24.4. The van der Waals surface area contributed by atoms with Crippen molar-refractivity contribution < 1.29 is 14.3 Å². The molecule has 0 unspecified atom stereocenters. The van der Waals surface area contributed by atoms with Crippen LogP contribution in [0.15, 0.2) is 66.1 Å². The van der Waals surface area contributed by atoms with Gasteiger partial charge in [-0.25, -0.2) is 4.79 Å². The molecule has 144 valence electrons. The predicted molar refractivity (Wildman–Crippen MR) is 106 cm³/mol. The van der Waals surface area contributed by atoms with Gasteiger partial charge in [0.05, 0.1) is 12.8 Å². The summed E-state index contributed by atoms with van der Waals surface area (Å²) in [5, 5.41) is 12.6. The lowest BCUT2D eigenvalue weighted by Crippen LogP contribution is -2.39. The van der Waals surface area contributed by atoms with E-state index < -0.39 is 17.2 Å². The molecule has 0 radical (unpaired) electrons. The molecule has 2 aromatic carbocycles. The molecule has 0 aliphatic carbocycles. The summed E-state index contributed by atoms with van der Waals surface area (Å²) in [6.07, 6.45) is 1.55. The number of hydrogen-bond acceptors (Lipinski definition) is 6. The highest BCUT2D eigenvalue weighted by molar-refractivity contribution is 8.00. The van der Waals surface area contributed by atoms with Crippen molar-refractivity contribution in [1.82, 2.24) is 25.4 Å². The van der Waals surface area contributed by atoms with Gasteiger partial charge in [-0.3, -0.25) is 14.7 Å². The van der Waals surface area contributed by atoms with Crippen molar-refractivity contribution in [3.8, 4) is 11.4 Å². The number of para-hydroxylation sites is 2. The first kappa shape index (κ1) is 19.4. The Balaban J connectivity index is 1.95. The Morgan fingerprint density at radius 3 is 2.54 bits per heavy atom. The van der Waals surface area contributed by atoms with Gasteiger partial charge in [0.15, 0.2) is 5.16 Å². The van der Waals surface area contributed by atoms with Crippen LogP contribution >= 0.6 is 11.8 Å². The first-order valence-electron chi connectivity index (χ1n) is 8.41. The maximum absolute atomic E-state index is 12.7. The molecule has 1 aromatic heterocycles. The predicted octanol–water partition coefficient (Wildman–Crippen LogP) is 2.56. The lowest BCUT2D eigenvalue weighted by atomic mass is 10.1. The van der Waals surface area contributed by atoms with Gasteiger partial charge in [-0.15, -0.1) is 10.2 Å². The second-order valence-electron chi connectivity index (χ2n) is 5.63. The maximum atomic E-state index is 12.7. The number of hydrogen-bond donors (Lipinski definition) is 2. The molecule has 0 spiro atoms. The minimum absolute atomic E-state index is 0.454. The third-order valence-corrected chi connectivity index (χ3v) is 5.10. The Morgan fingerprint density at radius 2 is 1.82 bits per heavy atom. The molecular formula is C19H19N5O3S. The summed E-state index contributed by atoms with van der Waals surface area (Å²) in [7, 11) is 3.03. The number of nitrogens with zero attached hydrogens (tertiary/aromatic N) is 3. The van der Waals surface area contributed by atoms with Gasteiger partial charge in [-0.1, -0.05) is 54.2 Å². The Kier molecular flexibility index (Phi) is 6.28. The zero-order chi connectivity index (χ0) is 19.9. The number of methoxy groups -OCH3 is 1. The van der Waals surface area contributed by atoms with Crippen molar-refractivity contribution in [2.75, 3.05) is 14.2 Å². The number of carbonyl (C=O) groups excluding carboxylic acids is 2. The van der Waals surface area contributed by atoms with Gasteiger partial charge in [0.1, 0.15) is 17.3 Å². The summed E-state index contributed by atoms with van der Waals surface area (Å²) in [6.45, 7) is 0. The second kappa shape index (κ2) is 9.05. The topological polar surface area (TPSA) is 98.1 Å². The highest BCUT2D eigenvalue weighted by Crippen LogP contribution is 2.36. The van der Waals surface area contributed by atoms with E-state index >= 15 is 0 Å². The Labute approximate surface area is 166 Å². The molecule has 2 N–H and O–H groups in total. The highest BCUT2D eigenvalue weighted by Gasteiger charge is 2.26. The number of imide groups is 1. The summed E-state index contributed by atoms with van der Waals surface area (Å²) in [6, 6.07) is 16.0. The van der Waals surface area contributed by atoms with E-state index in [9.17, 15) is 9.59 Å². The quantitative estimate of drug-likeness (QED) is 0.621. The van der Waals surface area contributed by atoms with E-state index in [-0.39, 0.29) is 0 Å². The highest BCUT2D eigenvalue weighted by atomic mass is 32.2. The van der Waals surface area contributed by atoms with Crippen LogP contribution in [0.25, 0.3) is 5.69 Å². The molecule has 3 rings (SSSR count). The SMILES string of the molecule is CNC(=O)NC(=O)[C@@H](Sc1nncn1-c1ccccc1OC)c1ccccc1. The summed E-state index contributed by atoms with van der Waals surface area (Å²) < 4.78 is 7.15. The standard InChI is InChI=1S/C19H19N5O3S/c1-20-18(26)22-17(25)16(13-8-4-3-5-9-13)28-19-23-21-12-24(19)14-10-6-7-11-15(14)27-2/h3-12,16H,1-2H3,(H2,20,22,25,26)/t16-/m0/s1. The van der Waals surface area contributed by atoms with E-state index in [4.69, 9.17) is 4.74 Å². The van der Waals surface area contributed by atoms with Crippen LogP contribution in [-0.2, 0) is 4.79 Å². The van der Waals surface area contributed by atoms with Crippen molar-refractivity contribution in [2.24, 2.45) is 0 Å². The van der Waals surface area contributed by atoms with Crippen LogP contribution in [0.2, 0.25) is 0 Å². The molecule has 0 bridgehead atoms. The number of ether oxygens (including phenoxy) is 1. The van der Waals surface area contributed by atoms with Crippen LogP contribution in [-0.4, -0.2) is 40.9 Å². The number of benzene rings is 2. The zero-order valence-corrected chi connectivity index (χ0v) is 16.1. The molecule has 3 amide bonds. The molecule has 0 fully saturated rings. The smallest absolute Gasteiger partial charge is 0.321 e. The van der Waals surface area contributed by atoms with Crippen molar-refractivity contribution in [1.29, 1.82) is 0 Å². The Bertz CT molecular complexity index is 961.